The summed E-state index contributed by atoms with van der Waals surface area (Å²) in [6.07, 6.45) is 2.66. The van der Waals surface area contributed by atoms with Crippen molar-refractivity contribution in [3.05, 3.63) is 35.4 Å². The van der Waals surface area contributed by atoms with Gasteiger partial charge in [0.1, 0.15) is 29.8 Å². The Morgan fingerprint density at radius 1 is 1.40 bits per heavy atom. The van der Waals surface area contributed by atoms with Gasteiger partial charge in [-0.2, -0.15) is 5.10 Å². The van der Waals surface area contributed by atoms with E-state index in [1.165, 1.54) is 11.9 Å². The van der Waals surface area contributed by atoms with Gasteiger partial charge in [0.25, 0.3) is 0 Å². The maximum Gasteiger partial charge on any atom is 0.191 e. The SMILES string of the molecule is CN=C(NCc1cc2c(cc1OC)CC(C)O2)NCc1ncnn1C. The van der Waals surface area contributed by atoms with Crippen LogP contribution in [0.5, 0.6) is 11.5 Å². The summed E-state index contributed by atoms with van der Waals surface area (Å²) in [6.45, 7) is 3.19. The van der Waals surface area contributed by atoms with Crippen molar-refractivity contribution >= 4 is 5.96 Å². The second-order valence-electron chi connectivity index (χ2n) is 5.98. The largest absolute Gasteiger partial charge is 0.496 e. The molecule has 134 valence electrons. The Morgan fingerprint density at radius 2 is 2.20 bits per heavy atom. The highest BCUT2D eigenvalue weighted by Crippen LogP contribution is 2.34. The highest BCUT2D eigenvalue weighted by atomic mass is 16.5. The summed E-state index contributed by atoms with van der Waals surface area (Å²) in [5.41, 5.74) is 2.22. The van der Waals surface area contributed by atoms with Crippen LogP contribution in [0.25, 0.3) is 0 Å². The van der Waals surface area contributed by atoms with E-state index in [1.54, 1.807) is 18.8 Å². The number of ether oxygens (including phenoxy) is 2. The molecule has 0 aliphatic carbocycles. The summed E-state index contributed by atoms with van der Waals surface area (Å²) in [4.78, 5) is 8.42. The van der Waals surface area contributed by atoms with Crippen LogP contribution in [0.15, 0.2) is 23.5 Å². The number of hydrogen-bond acceptors (Lipinski definition) is 5. The second kappa shape index (κ2) is 7.42. The van der Waals surface area contributed by atoms with Gasteiger partial charge in [0, 0.05) is 38.2 Å². The lowest BCUT2D eigenvalue weighted by Crippen LogP contribution is -2.37. The third kappa shape index (κ3) is 3.84. The fraction of sp³-hybridized carbons (Fsp3) is 0.471. The van der Waals surface area contributed by atoms with Crippen molar-refractivity contribution in [2.75, 3.05) is 14.2 Å². The van der Waals surface area contributed by atoms with Gasteiger partial charge in [-0.3, -0.25) is 9.67 Å². The quantitative estimate of drug-likeness (QED) is 0.622. The van der Waals surface area contributed by atoms with Crippen molar-refractivity contribution in [2.45, 2.75) is 32.5 Å². The Morgan fingerprint density at radius 3 is 2.88 bits per heavy atom. The molecule has 2 heterocycles. The first-order valence-corrected chi connectivity index (χ1v) is 8.24. The summed E-state index contributed by atoms with van der Waals surface area (Å²) in [5, 5.41) is 10.6. The molecule has 2 aromatic rings. The van der Waals surface area contributed by atoms with Crippen molar-refractivity contribution in [1.29, 1.82) is 0 Å². The fourth-order valence-electron chi connectivity index (χ4n) is 2.85. The molecular formula is C17H24N6O2. The first-order chi connectivity index (χ1) is 12.1. The normalized spacial score (nSPS) is 16.3. The van der Waals surface area contributed by atoms with E-state index in [2.05, 4.69) is 38.7 Å². The molecule has 0 bridgehead atoms. The van der Waals surface area contributed by atoms with Crippen molar-refractivity contribution < 1.29 is 9.47 Å². The molecule has 0 radical (unpaired) electrons. The van der Waals surface area contributed by atoms with Crippen molar-refractivity contribution in [3.8, 4) is 11.5 Å². The number of aryl methyl sites for hydroxylation is 1. The van der Waals surface area contributed by atoms with Crippen LogP contribution in [0.3, 0.4) is 0 Å². The van der Waals surface area contributed by atoms with E-state index in [4.69, 9.17) is 9.47 Å². The Kier molecular flexibility index (Phi) is 5.06. The molecule has 0 saturated heterocycles. The third-order valence-corrected chi connectivity index (χ3v) is 4.19. The van der Waals surface area contributed by atoms with Gasteiger partial charge in [0.2, 0.25) is 0 Å². The van der Waals surface area contributed by atoms with E-state index in [-0.39, 0.29) is 6.10 Å². The van der Waals surface area contributed by atoms with Gasteiger partial charge >= 0.3 is 0 Å². The van der Waals surface area contributed by atoms with Gasteiger partial charge in [-0.1, -0.05) is 0 Å². The topological polar surface area (TPSA) is 85.6 Å². The lowest BCUT2D eigenvalue weighted by molar-refractivity contribution is 0.254. The predicted molar refractivity (Wildman–Crippen MR) is 94.8 cm³/mol. The third-order valence-electron chi connectivity index (χ3n) is 4.19. The maximum atomic E-state index is 5.84. The molecule has 1 aliphatic heterocycles. The molecule has 1 aliphatic rings. The molecule has 2 N–H and O–H groups in total. The number of nitrogens with zero attached hydrogens (tertiary/aromatic N) is 4. The Hall–Kier alpha value is -2.77. The number of aromatic nitrogens is 3. The summed E-state index contributed by atoms with van der Waals surface area (Å²) in [5.74, 6) is 3.31. The fourth-order valence-corrected chi connectivity index (χ4v) is 2.85. The summed E-state index contributed by atoms with van der Waals surface area (Å²) < 4.78 is 13.1. The van der Waals surface area contributed by atoms with E-state index in [0.29, 0.717) is 19.0 Å². The number of benzene rings is 1. The molecule has 1 atom stereocenters. The van der Waals surface area contributed by atoms with Gasteiger partial charge in [0.15, 0.2) is 5.96 Å². The van der Waals surface area contributed by atoms with Crippen LogP contribution in [-0.2, 0) is 26.6 Å². The standard InChI is InChI=1S/C17H24N6O2/c1-11-5-12-6-14(24-4)13(7-15(12)25-11)8-19-17(18-2)20-9-16-21-10-22-23(16)3/h6-7,10-11H,5,8-9H2,1-4H3,(H2,18,19,20). The Bertz CT molecular complexity index is 770. The second-order valence-corrected chi connectivity index (χ2v) is 5.98. The van der Waals surface area contributed by atoms with Crippen molar-refractivity contribution in [2.24, 2.45) is 12.0 Å². The van der Waals surface area contributed by atoms with E-state index in [0.717, 1.165) is 29.3 Å². The molecule has 1 unspecified atom stereocenters. The van der Waals surface area contributed by atoms with E-state index in [1.807, 2.05) is 13.1 Å². The van der Waals surface area contributed by atoms with Gasteiger partial charge in [-0.25, -0.2) is 4.98 Å². The minimum Gasteiger partial charge on any atom is -0.496 e. The molecule has 0 fully saturated rings. The number of nitrogens with one attached hydrogen (secondary N) is 2. The molecule has 0 spiro atoms. The molecule has 1 aromatic carbocycles. The van der Waals surface area contributed by atoms with Crippen LogP contribution in [0, 0.1) is 0 Å². The van der Waals surface area contributed by atoms with Crippen LogP contribution in [0.2, 0.25) is 0 Å². The molecule has 8 nitrogen and oxygen atoms in total. The molecule has 1 aromatic heterocycles. The van der Waals surface area contributed by atoms with E-state index < -0.39 is 0 Å². The zero-order chi connectivity index (χ0) is 17.8. The monoisotopic (exact) mass is 344 g/mol. The van der Waals surface area contributed by atoms with E-state index in [9.17, 15) is 0 Å². The lowest BCUT2D eigenvalue weighted by atomic mass is 10.1. The molecule has 0 amide bonds. The number of hydrogen-bond donors (Lipinski definition) is 2. The summed E-state index contributed by atoms with van der Waals surface area (Å²) >= 11 is 0. The van der Waals surface area contributed by atoms with Crippen LogP contribution < -0.4 is 20.1 Å². The molecule has 8 heteroatoms. The Balaban J connectivity index is 1.64. The van der Waals surface area contributed by atoms with Crippen LogP contribution in [0.1, 0.15) is 23.9 Å². The molecule has 3 rings (SSSR count). The first kappa shape index (κ1) is 17.1. The zero-order valence-electron chi connectivity index (χ0n) is 15.0. The van der Waals surface area contributed by atoms with Crippen molar-refractivity contribution in [1.82, 2.24) is 25.4 Å². The average molecular weight is 344 g/mol. The number of aliphatic imine (C=N–C) groups is 1. The van der Waals surface area contributed by atoms with Gasteiger partial charge in [-0.15, -0.1) is 0 Å². The first-order valence-electron chi connectivity index (χ1n) is 8.24. The van der Waals surface area contributed by atoms with Gasteiger partial charge in [-0.05, 0) is 19.1 Å². The van der Waals surface area contributed by atoms with Gasteiger partial charge in [0.05, 0.1) is 13.7 Å². The zero-order valence-corrected chi connectivity index (χ0v) is 15.0. The smallest absolute Gasteiger partial charge is 0.191 e. The van der Waals surface area contributed by atoms with Crippen LogP contribution >= 0.6 is 0 Å². The number of guanidine groups is 1. The van der Waals surface area contributed by atoms with E-state index >= 15 is 0 Å². The average Bonchev–Trinajstić information content (AvgIpc) is 3.18. The molecule has 25 heavy (non-hydrogen) atoms. The lowest BCUT2D eigenvalue weighted by Gasteiger charge is -2.14. The number of fused-ring (bicyclic) bond motifs is 1. The van der Waals surface area contributed by atoms with Crippen LogP contribution in [0.4, 0.5) is 0 Å². The van der Waals surface area contributed by atoms with Crippen molar-refractivity contribution in [3.63, 3.8) is 0 Å². The summed E-state index contributed by atoms with van der Waals surface area (Å²) in [7, 11) is 5.28. The summed E-state index contributed by atoms with van der Waals surface area (Å²) in [6, 6.07) is 4.10. The number of rotatable bonds is 5. The molecular weight excluding hydrogens is 320 g/mol. The minimum absolute atomic E-state index is 0.212. The Labute approximate surface area is 147 Å². The maximum absolute atomic E-state index is 5.84. The highest BCUT2D eigenvalue weighted by molar-refractivity contribution is 5.79. The van der Waals surface area contributed by atoms with Gasteiger partial charge < -0.3 is 20.1 Å². The number of methoxy groups -OCH3 is 1. The minimum atomic E-state index is 0.212. The predicted octanol–water partition coefficient (Wildman–Crippen LogP) is 1.01. The molecule has 0 saturated carbocycles. The highest BCUT2D eigenvalue weighted by Gasteiger charge is 2.21. The van der Waals surface area contributed by atoms with Crippen LogP contribution in [-0.4, -0.2) is 41.0 Å².